The molecular weight excluding hydrogens is 124 g/mol. The van der Waals surface area contributed by atoms with Crippen molar-refractivity contribution in [1.82, 2.24) is 0 Å². The van der Waals surface area contributed by atoms with Gasteiger partial charge in [-0.25, -0.2) is 0 Å². The number of hydrogen-bond acceptors (Lipinski definition) is 1. The van der Waals surface area contributed by atoms with E-state index in [2.05, 4.69) is 13.8 Å². The molecular formula is C9H16O. The fourth-order valence-electron chi connectivity index (χ4n) is 0.662. The highest BCUT2D eigenvalue weighted by molar-refractivity contribution is 5.92. The van der Waals surface area contributed by atoms with E-state index in [0.717, 1.165) is 12.0 Å². The number of ketones is 1. The van der Waals surface area contributed by atoms with E-state index in [9.17, 15) is 4.79 Å². The average Bonchev–Trinajstić information content (AvgIpc) is 1.87. The molecule has 0 saturated heterocycles. The smallest absolute Gasteiger partial charge is 0.155 e. The van der Waals surface area contributed by atoms with Crippen LogP contribution in [0, 0.1) is 5.92 Å². The highest BCUT2D eigenvalue weighted by atomic mass is 16.1. The second-order valence-electron chi connectivity index (χ2n) is 2.79. The Hall–Kier alpha value is -0.590. The van der Waals surface area contributed by atoms with Crippen LogP contribution in [0.1, 0.15) is 34.1 Å². The van der Waals surface area contributed by atoms with Gasteiger partial charge >= 0.3 is 0 Å². The number of Topliss-reactive ketones (excluding diaryl/α,β-unsaturated/α-hetero) is 1. The molecule has 0 unspecified atom stereocenters. The fourth-order valence-corrected chi connectivity index (χ4v) is 0.662. The van der Waals surface area contributed by atoms with Gasteiger partial charge in [0.05, 0.1) is 0 Å². The number of rotatable bonds is 3. The zero-order valence-electron chi connectivity index (χ0n) is 7.27. The molecule has 58 valence electrons. The second kappa shape index (κ2) is 4.26. The lowest BCUT2D eigenvalue weighted by Crippen LogP contribution is -1.95. The van der Waals surface area contributed by atoms with E-state index in [0.29, 0.717) is 5.92 Å². The van der Waals surface area contributed by atoms with Crippen molar-refractivity contribution in [2.75, 3.05) is 0 Å². The molecule has 10 heavy (non-hydrogen) atoms. The van der Waals surface area contributed by atoms with Crippen LogP contribution in [0.2, 0.25) is 0 Å². The number of hydrogen-bond donors (Lipinski definition) is 0. The van der Waals surface area contributed by atoms with E-state index < -0.39 is 0 Å². The standard InChI is InChI=1S/C9H16O/c1-5-7(2)6-8(3)9(4)10/h6-7H,5H2,1-4H3/b8-6+/t7-/m0/s1. The summed E-state index contributed by atoms with van der Waals surface area (Å²) in [4.78, 5) is 10.7. The third-order valence-corrected chi connectivity index (χ3v) is 1.73. The minimum absolute atomic E-state index is 0.181. The molecule has 0 aromatic heterocycles. The van der Waals surface area contributed by atoms with Crippen molar-refractivity contribution in [1.29, 1.82) is 0 Å². The summed E-state index contributed by atoms with van der Waals surface area (Å²) < 4.78 is 0. The van der Waals surface area contributed by atoms with Gasteiger partial charge in [0.2, 0.25) is 0 Å². The molecule has 0 aromatic rings. The van der Waals surface area contributed by atoms with E-state index in [1.54, 1.807) is 6.92 Å². The predicted octanol–water partition coefficient (Wildman–Crippen LogP) is 2.57. The van der Waals surface area contributed by atoms with Crippen LogP contribution in [-0.4, -0.2) is 5.78 Å². The first kappa shape index (κ1) is 9.41. The molecule has 0 aromatic carbocycles. The van der Waals surface area contributed by atoms with Crippen LogP contribution in [0.25, 0.3) is 0 Å². The maximum absolute atomic E-state index is 10.7. The first-order valence-electron chi connectivity index (χ1n) is 3.77. The van der Waals surface area contributed by atoms with Crippen molar-refractivity contribution < 1.29 is 4.79 Å². The van der Waals surface area contributed by atoms with Gasteiger partial charge in [-0.2, -0.15) is 0 Å². The SMILES string of the molecule is CC[C@H](C)/C=C(\C)C(C)=O. The molecule has 0 fully saturated rings. The van der Waals surface area contributed by atoms with E-state index in [4.69, 9.17) is 0 Å². The molecule has 0 spiro atoms. The molecule has 1 atom stereocenters. The third kappa shape index (κ3) is 3.44. The maximum atomic E-state index is 10.7. The summed E-state index contributed by atoms with van der Waals surface area (Å²) in [6.45, 7) is 7.71. The zero-order valence-corrected chi connectivity index (χ0v) is 7.27. The summed E-state index contributed by atoms with van der Waals surface area (Å²) in [6.07, 6.45) is 3.13. The summed E-state index contributed by atoms with van der Waals surface area (Å²) in [5, 5.41) is 0. The van der Waals surface area contributed by atoms with Crippen LogP contribution >= 0.6 is 0 Å². The normalized spacial score (nSPS) is 15.0. The van der Waals surface area contributed by atoms with Crippen LogP contribution < -0.4 is 0 Å². The van der Waals surface area contributed by atoms with Gasteiger partial charge < -0.3 is 0 Å². The lowest BCUT2D eigenvalue weighted by atomic mass is 10.0. The molecule has 0 amide bonds. The zero-order chi connectivity index (χ0) is 8.15. The van der Waals surface area contributed by atoms with Gasteiger partial charge in [0, 0.05) is 0 Å². The van der Waals surface area contributed by atoms with E-state index in [-0.39, 0.29) is 5.78 Å². The Labute approximate surface area is 63.1 Å². The molecule has 0 radical (unpaired) electrons. The first-order chi connectivity index (χ1) is 4.57. The van der Waals surface area contributed by atoms with Gasteiger partial charge in [-0.3, -0.25) is 4.79 Å². The molecule has 0 saturated carbocycles. The van der Waals surface area contributed by atoms with Crippen molar-refractivity contribution in [3.63, 3.8) is 0 Å². The molecule has 1 heteroatoms. The monoisotopic (exact) mass is 140 g/mol. The minimum atomic E-state index is 0.181. The molecule has 1 nitrogen and oxygen atoms in total. The molecule has 0 rings (SSSR count). The van der Waals surface area contributed by atoms with E-state index in [1.807, 2.05) is 13.0 Å². The largest absolute Gasteiger partial charge is 0.295 e. The second-order valence-corrected chi connectivity index (χ2v) is 2.79. The highest BCUT2D eigenvalue weighted by Crippen LogP contribution is 2.06. The van der Waals surface area contributed by atoms with Crippen LogP contribution in [0.4, 0.5) is 0 Å². The Morgan fingerprint density at radius 2 is 2.00 bits per heavy atom. The average molecular weight is 140 g/mol. The molecule has 0 heterocycles. The summed E-state index contributed by atoms with van der Waals surface area (Å²) in [6, 6.07) is 0. The lowest BCUT2D eigenvalue weighted by molar-refractivity contribution is -0.113. The summed E-state index contributed by atoms with van der Waals surface area (Å²) >= 11 is 0. The maximum Gasteiger partial charge on any atom is 0.155 e. The molecule has 0 aliphatic carbocycles. The summed E-state index contributed by atoms with van der Waals surface area (Å²) in [5.74, 6) is 0.712. The predicted molar refractivity (Wildman–Crippen MR) is 43.9 cm³/mol. The number of allylic oxidation sites excluding steroid dienone is 2. The number of carbonyl (C=O) groups is 1. The van der Waals surface area contributed by atoms with Crippen molar-refractivity contribution >= 4 is 5.78 Å². The Morgan fingerprint density at radius 3 is 2.30 bits per heavy atom. The van der Waals surface area contributed by atoms with E-state index >= 15 is 0 Å². The van der Waals surface area contributed by atoms with Gasteiger partial charge in [-0.05, 0) is 25.3 Å². The molecule has 0 aliphatic heterocycles. The Bertz CT molecular complexity index is 145. The third-order valence-electron chi connectivity index (χ3n) is 1.73. The van der Waals surface area contributed by atoms with Gasteiger partial charge in [0.25, 0.3) is 0 Å². The van der Waals surface area contributed by atoms with Gasteiger partial charge in [-0.1, -0.05) is 26.3 Å². The van der Waals surface area contributed by atoms with Gasteiger partial charge in [0.1, 0.15) is 0 Å². The fraction of sp³-hybridized carbons (Fsp3) is 0.667. The Kier molecular flexibility index (Phi) is 4.01. The summed E-state index contributed by atoms with van der Waals surface area (Å²) in [5.41, 5.74) is 0.884. The highest BCUT2D eigenvalue weighted by Gasteiger charge is 1.98. The van der Waals surface area contributed by atoms with E-state index in [1.165, 1.54) is 0 Å². The van der Waals surface area contributed by atoms with Gasteiger partial charge in [-0.15, -0.1) is 0 Å². The number of carbonyl (C=O) groups excluding carboxylic acids is 1. The van der Waals surface area contributed by atoms with Crippen molar-refractivity contribution in [2.24, 2.45) is 5.92 Å². The van der Waals surface area contributed by atoms with Crippen LogP contribution in [-0.2, 0) is 4.79 Å². The molecule has 0 aliphatic rings. The topological polar surface area (TPSA) is 17.1 Å². The Morgan fingerprint density at radius 1 is 1.50 bits per heavy atom. The van der Waals surface area contributed by atoms with Gasteiger partial charge in [0.15, 0.2) is 5.78 Å². The first-order valence-corrected chi connectivity index (χ1v) is 3.77. The summed E-state index contributed by atoms with van der Waals surface area (Å²) in [7, 11) is 0. The molecule has 0 bridgehead atoms. The Balaban J connectivity index is 4.02. The lowest BCUT2D eigenvalue weighted by Gasteiger charge is -2.01. The minimum Gasteiger partial charge on any atom is -0.295 e. The molecule has 0 N–H and O–H groups in total. The van der Waals surface area contributed by atoms with Crippen LogP contribution in [0.5, 0.6) is 0 Å². The quantitative estimate of drug-likeness (QED) is 0.551. The van der Waals surface area contributed by atoms with Crippen LogP contribution in [0.3, 0.4) is 0 Å². The van der Waals surface area contributed by atoms with Crippen LogP contribution in [0.15, 0.2) is 11.6 Å². The van der Waals surface area contributed by atoms with Crippen molar-refractivity contribution in [2.45, 2.75) is 34.1 Å². The van der Waals surface area contributed by atoms with Crippen molar-refractivity contribution in [3.05, 3.63) is 11.6 Å². The van der Waals surface area contributed by atoms with Crippen molar-refractivity contribution in [3.8, 4) is 0 Å².